The molecule has 1 amide bonds. The number of hydrogen-bond acceptors (Lipinski definition) is 5. The Morgan fingerprint density at radius 1 is 1.03 bits per heavy atom. The van der Waals surface area contributed by atoms with E-state index in [1.165, 1.54) is 12.1 Å². The molecular weight excluding hydrogens is 383 g/mol. The number of hydrogen-bond donors (Lipinski definition) is 0. The zero-order valence-corrected chi connectivity index (χ0v) is 17.6. The van der Waals surface area contributed by atoms with Crippen LogP contribution in [0.1, 0.15) is 30.8 Å². The summed E-state index contributed by atoms with van der Waals surface area (Å²) in [6.45, 7) is 4.38. The highest BCUT2D eigenvalue weighted by molar-refractivity contribution is 6.06. The van der Waals surface area contributed by atoms with Crippen molar-refractivity contribution >= 4 is 17.4 Å². The number of aromatic nitrogens is 4. The van der Waals surface area contributed by atoms with Gasteiger partial charge in [0.1, 0.15) is 22.9 Å². The van der Waals surface area contributed by atoms with Crippen LogP contribution in [-0.4, -0.2) is 45.3 Å². The molecule has 2 aromatic heterocycles. The third kappa shape index (κ3) is 3.65. The summed E-state index contributed by atoms with van der Waals surface area (Å²) in [5, 5.41) is 4.40. The molecule has 3 heterocycles. The SMILES string of the molecule is CN1C(=O)C(C)(C)N(C)c2nc(CCc3cnn(Cc4ccc(F)cc4)c3)ncc21. The summed E-state index contributed by atoms with van der Waals surface area (Å²) in [6, 6.07) is 6.43. The molecule has 1 aliphatic heterocycles. The van der Waals surface area contributed by atoms with Crippen molar-refractivity contribution in [3.05, 3.63) is 65.6 Å². The number of benzene rings is 1. The van der Waals surface area contributed by atoms with Crippen molar-refractivity contribution in [3.8, 4) is 0 Å². The van der Waals surface area contributed by atoms with Gasteiger partial charge in [-0.1, -0.05) is 12.1 Å². The molecule has 156 valence electrons. The zero-order valence-electron chi connectivity index (χ0n) is 17.6. The molecule has 0 radical (unpaired) electrons. The van der Waals surface area contributed by atoms with Crippen LogP contribution >= 0.6 is 0 Å². The summed E-state index contributed by atoms with van der Waals surface area (Å²) >= 11 is 0. The highest BCUT2D eigenvalue weighted by atomic mass is 19.1. The summed E-state index contributed by atoms with van der Waals surface area (Å²) in [5.41, 5.74) is 2.14. The third-order valence-corrected chi connectivity index (χ3v) is 5.73. The second-order valence-corrected chi connectivity index (χ2v) is 8.15. The van der Waals surface area contributed by atoms with Crippen molar-refractivity contribution in [2.45, 2.75) is 38.8 Å². The van der Waals surface area contributed by atoms with Gasteiger partial charge in [0.25, 0.3) is 5.91 Å². The predicted molar refractivity (Wildman–Crippen MR) is 113 cm³/mol. The molecule has 4 rings (SSSR count). The minimum Gasteiger partial charge on any atom is -0.344 e. The van der Waals surface area contributed by atoms with Crippen molar-refractivity contribution in [1.29, 1.82) is 0 Å². The fraction of sp³-hybridized carbons (Fsp3) is 0.364. The molecule has 0 saturated carbocycles. The molecule has 1 aromatic carbocycles. The largest absolute Gasteiger partial charge is 0.344 e. The van der Waals surface area contributed by atoms with E-state index in [9.17, 15) is 9.18 Å². The van der Waals surface area contributed by atoms with Gasteiger partial charge in [-0.05, 0) is 43.5 Å². The molecule has 0 bridgehead atoms. The number of aryl methyl sites for hydroxylation is 2. The van der Waals surface area contributed by atoms with Crippen molar-refractivity contribution in [2.24, 2.45) is 0 Å². The number of rotatable bonds is 5. The van der Waals surface area contributed by atoms with Gasteiger partial charge in [0, 0.05) is 26.7 Å². The zero-order chi connectivity index (χ0) is 21.5. The van der Waals surface area contributed by atoms with Crippen LogP contribution in [0.4, 0.5) is 15.9 Å². The highest BCUT2D eigenvalue weighted by Gasteiger charge is 2.42. The van der Waals surface area contributed by atoms with Gasteiger partial charge in [-0.2, -0.15) is 5.10 Å². The van der Waals surface area contributed by atoms with Crippen LogP contribution in [0.2, 0.25) is 0 Å². The molecule has 0 unspecified atom stereocenters. The molecule has 0 saturated heterocycles. The van der Waals surface area contributed by atoms with Crippen molar-refractivity contribution in [1.82, 2.24) is 19.7 Å². The Bertz CT molecular complexity index is 1080. The molecule has 1 aliphatic rings. The van der Waals surface area contributed by atoms with Gasteiger partial charge in [0.15, 0.2) is 5.82 Å². The van der Waals surface area contributed by atoms with E-state index >= 15 is 0 Å². The van der Waals surface area contributed by atoms with E-state index < -0.39 is 5.54 Å². The minimum absolute atomic E-state index is 0.0161. The summed E-state index contributed by atoms with van der Waals surface area (Å²) in [7, 11) is 3.65. The van der Waals surface area contributed by atoms with E-state index in [1.54, 1.807) is 30.3 Å². The van der Waals surface area contributed by atoms with E-state index in [1.807, 2.05) is 42.9 Å². The summed E-state index contributed by atoms with van der Waals surface area (Å²) < 4.78 is 14.9. The monoisotopic (exact) mass is 408 g/mol. The maximum Gasteiger partial charge on any atom is 0.252 e. The lowest BCUT2D eigenvalue weighted by Crippen LogP contribution is -2.58. The smallest absolute Gasteiger partial charge is 0.252 e. The van der Waals surface area contributed by atoms with Crippen LogP contribution in [0.15, 0.2) is 42.9 Å². The Hall–Kier alpha value is -3.29. The normalized spacial score (nSPS) is 15.4. The summed E-state index contributed by atoms with van der Waals surface area (Å²) in [4.78, 5) is 25.3. The number of amides is 1. The highest BCUT2D eigenvalue weighted by Crippen LogP contribution is 2.36. The summed E-state index contributed by atoms with van der Waals surface area (Å²) in [6.07, 6.45) is 6.97. The topological polar surface area (TPSA) is 67.2 Å². The van der Waals surface area contributed by atoms with E-state index in [0.717, 1.165) is 34.9 Å². The van der Waals surface area contributed by atoms with Gasteiger partial charge in [-0.3, -0.25) is 9.48 Å². The van der Waals surface area contributed by atoms with E-state index in [4.69, 9.17) is 4.98 Å². The fourth-order valence-electron chi connectivity index (χ4n) is 3.59. The van der Waals surface area contributed by atoms with E-state index in [2.05, 4.69) is 10.1 Å². The summed E-state index contributed by atoms with van der Waals surface area (Å²) in [5.74, 6) is 1.27. The Kier molecular flexibility index (Phi) is 5.01. The number of halogens is 1. The Morgan fingerprint density at radius 2 is 1.77 bits per heavy atom. The maximum absolute atomic E-state index is 13.0. The number of fused-ring (bicyclic) bond motifs is 1. The van der Waals surface area contributed by atoms with Crippen molar-refractivity contribution in [3.63, 3.8) is 0 Å². The molecular formula is C22H25FN6O. The first-order chi connectivity index (χ1) is 14.3. The molecule has 8 heteroatoms. The number of carbonyl (C=O) groups excluding carboxylic acids is 1. The van der Waals surface area contributed by atoms with Crippen LogP contribution in [0.5, 0.6) is 0 Å². The molecule has 0 spiro atoms. The van der Waals surface area contributed by atoms with Crippen LogP contribution in [0.3, 0.4) is 0 Å². The van der Waals surface area contributed by atoms with Crippen LogP contribution in [0, 0.1) is 5.82 Å². The molecule has 0 fully saturated rings. The number of nitrogens with zero attached hydrogens (tertiary/aromatic N) is 6. The van der Waals surface area contributed by atoms with Gasteiger partial charge >= 0.3 is 0 Å². The molecule has 0 N–H and O–H groups in total. The number of likely N-dealkylation sites (N-methyl/N-ethyl adjacent to an activating group) is 2. The van der Waals surface area contributed by atoms with Gasteiger partial charge < -0.3 is 9.80 Å². The average Bonchev–Trinajstić information content (AvgIpc) is 3.18. The lowest BCUT2D eigenvalue weighted by Gasteiger charge is -2.43. The van der Waals surface area contributed by atoms with Gasteiger partial charge in [-0.15, -0.1) is 0 Å². The molecule has 3 aromatic rings. The molecule has 0 atom stereocenters. The fourth-order valence-corrected chi connectivity index (χ4v) is 3.59. The second-order valence-electron chi connectivity index (χ2n) is 8.15. The van der Waals surface area contributed by atoms with Crippen LogP contribution < -0.4 is 9.80 Å². The minimum atomic E-state index is -0.658. The predicted octanol–water partition coefficient (Wildman–Crippen LogP) is 2.84. The van der Waals surface area contributed by atoms with Crippen LogP contribution in [-0.2, 0) is 24.2 Å². The third-order valence-electron chi connectivity index (χ3n) is 5.73. The first kappa shape index (κ1) is 20.0. The Morgan fingerprint density at radius 3 is 2.50 bits per heavy atom. The van der Waals surface area contributed by atoms with Crippen molar-refractivity contribution < 1.29 is 9.18 Å². The van der Waals surface area contributed by atoms with Gasteiger partial charge in [0.05, 0.1) is 18.9 Å². The lowest BCUT2D eigenvalue weighted by molar-refractivity contribution is -0.122. The molecule has 30 heavy (non-hydrogen) atoms. The average molecular weight is 408 g/mol. The quantitative estimate of drug-likeness (QED) is 0.650. The van der Waals surface area contributed by atoms with Crippen molar-refractivity contribution in [2.75, 3.05) is 23.9 Å². The Labute approximate surface area is 175 Å². The van der Waals surface area contributed by atoms with E-state index in [0.29, 0.717) is 13.0 Å². The first-order valence-electron chi connectivity index (χ1n) is 9.89. The Balaban J connectivity index is 1.45. The maximum atomic E-state index is 13.0. The number of anilines is 2. The lowest BCUT2D eigenvalue weighted by atomic mass is 9.98. The second kappa shape index (κ2) is 7.51. The van der Waals surface area contributed by atoms with Gasteiger partial charge in [-0.25, -0.2) is 14.4 Å². The standard InChI is InChI=1S/C22H25FN6O/c1-22(2)21(30)27(3)18-12-24-19(26-20(18)28(22)4)10-7-16-11-25-29(14-16)13-15-5-8-17(23)9-6-15/h5-6,8-9,11-12,14H,7,10,13H2,1-4H3. The van der Waals surface area contributed by atoms with Gasteiger partial charge in [0.2, 0.25) is 0 Å². The first-order valence-corrected chi connectivity index (χ1v) is 9.89. The number of carbonyl (C=O) groups is 1. The van der Waals surface area contributed by atoms with Crippen LogP contribution in [0.25, 0.3) is 0 Å². The molecule has 7 nitrogen and oxygen atoms in total. The molecule has 0 aliphatic carbocycles. The van der Waals surface area contributed by atoms with E-state index in [-0.39, 0.29) is 11.7 Å².